The van der Waals surface area contributed by atoms with Crippen LogP contribution in [0, 0.1) is 5.92 Å². The first-order valence-corrected chi connectivity index (χ1v) is 13.1. The molecule has 0 radical (unpaired) electrons. The zero-order chi connectivity index (χ0) is 21.3. The fourth-order valence-corrected chi connectivity index (χ4v) is 7.00. The normalized spacial score (nSPS) is 24.8. The van der Waals surface area contributed by atoms with Crippen LogP contribution in [0.5, 0.6) is 0 Å². The van der Waals surface area contributed by atoms with Gasteiger partial charge in [0.05, 0.1) is 17.5 Å². The molecule has 0 amide bonds. The van der Waals surface area contributed by atoms with Crippen LogP contribution in [0.3, 0.4) is 0 Å². The summed E-state index contributed by atoms with van der Waals surface area (Å²) in [5.74, 6) is 1.37. The molecule has 0 unspecified atom stereocenters. The Morgan fingerprint density at radius 1 is 0.903 bits per heavy atom. The predicted octanol–water partition coefficient (Wildman–Crippen LogP) is 2.85. The molecular weight excluding hydrogens is 412 g/mol. The molecule has 2 aliphatic heterocycles. The van der Waals surface area contributed by atoms with Crippen LogP contribution in [0.1, 0.15) is 63.2 Å². The number of likely N-dealkylation sites (tertiary alicyclic amines) is 1. The van der Waals surface area contributed by atoms with E-state index < -0.39 is 10.0 Å². The first-order chi connectivity index (χ1) is 15.1. The van der Waals surface area contributed by atoms with Crippen molar-refractivity contribution in [3.63, 3.8) is 0 Å². The molecule has 2 saturated heterocycles. The number of benzene rings is 1. The Bertz CT molecular complexity index is 967. The van der Waals surface area contributed by atoms with E-state index >= 15 is 0 Å². The molecular formula is C22H32N6O2S. The monoisotopic (exact) mass is 444 g/mol. The van der Waals surface area contributed by atoms with Crippen LogP contribution in [0.4, 0.5) is 0 Å². The van der Waals surface area contributed by atoms with E-state index in [-0.39, 0.29) is 6.04 Å². The molecule has 1 aromatic carbocycles. The number of tetrazole rings is 1. The number of nitrogens with zero attached hydrogens (tertiary/aromatic N) is 6. The highest BCUT2D eigenvalue weighted by atomic mass is 32.2. The van der Waals surface area contributed by atoms with Gasteiger partial charge in [0.25, 0.3) is 0 Å². The summed E-state index contributed by atoms with van der Waals surface area (Å²) in [7, 11) is -3.46. The molecule has 1 aliphatic carbocycles. The highest BCUT2D eigenvalue weighted by molar-refractivity contribution is 7.89. The van der Waals surface area contributed by atoms with Crippen molar-refractivity contribution in [1.82, 2.24) is 29.4 Å². The lowest BCUT2D eigenvalue weighted by Crippen LogP contribution is -2.47. The van der Waals surface area contributed by atoms with E-state index in [4.69, 9.17) is 0 Å². The van der Waals surface area contributed by atoms with E-state index in [0.717, 1.165) is 64.0 Å². The Kier molecular flexibility index (Phi) is 6.08. The number of hydrogen-bond acceptors (Lipinski definition) is 6. The molecule has 8 nitrogen and oxygen atoms in total. The Morgan fingerprint density at radius 3 is 2.42 bits per heavy atom. The molecule has 5 rings (SSSR count). The van der Waals surface area contributed by atoms with E-state index in [1.807, 2.05) is 27.2 Å². The van der Waals surface area contributed by atoms with Gasteiger partial charge < -0.3 is 0 Å². The third kappa shape index (κ3) is 4.54. The van der Waals surface area contributed by atoms with E-state index in [9.17, 15) is 8.42 Å². The lowest BCUT2D eigenvalue weighted by atomic mass is 9.87. The van der Waals surface area contributed by atoms with Crippen molar-refractivity contribution in [3.05, 3.63) is 36.2 Å². The highest BCUT2D eigenvalue weighted by Crippen LogP contribution is 2.36. The second-order valence-corrected chi connectivity index (χ2v) is 11.1. The van der Waals surface area contributed by atoms with Gasteiger partial charge in [0.15, 0.2) is 5.82 Å². The smallest absolute Gasteiger partial charge is 0.243 e. The summed E-state index contributed by atoms with van der Waals surface area (Å²) >= 11 is 0. The maximum absolute atomic E-state index is 13.5. The topological polar surface area (TPSA) is 84.2 Å². The average molecular weight is 445 g/mol. The highest BCUT2D eigenvalue weighted by Gasteiger charge is 2.38. The SMILES string of the molecule is O=S(=O)(c1ccccc1)N1CCCCC[C@@H]1C1CCN(Cc2nnnn2C2CC2)CC1. The summed E-state index contributed by atoms with van der Waals surface area (Å²) in [6.07, 6.45) is 8.54. The molecule has 0 bridgehead atoms. The van der Waals surface area contributed by atoms with Gasteiger partial charge in [-0.2, -0.15) is 4.31 Å². The zero-order valence-corrected chi connectivity index (χ0v) is 18.8. The fraction of sp³-hybridized carbons (Fsp3) is 0.682. The number of hydrogen-bond donors (Lipinski definition) is 0. The minimum atomic E-state index is -3.46. The first-order valence-electron chi connectivity index (χ1n) is 11.7. The summed E-state index contributed by atoms with van der Waals surface area (Å²) < 4.78 is 30.8. The van der Waals surface area contributed by atoms with E-state index in [1.54, 1.807) is 12.1 Å². The van der Waals surface area contributed by atoms with E-state index in [2.05, 4.69) is 20.4 Å². The van der Waals surface area contributed by atoms with Gasteiger partial charge in [-0.3, -0.25) is 4.90 Å². The molecule has 0 N–H and O–H groups in total. The summed E-state index contributed by atoms with van der Waals surface area (Å²) in [4.78, 5) is 2.85. The average Bonchev–Trinajstić information content (AvgIpc) is 3.58. The van der Waals surface area contributed by atoms with Gasteiger partial charge in [-0.05, 0) is 80.1 Å². The Balaban J connectivity index is 1.27. The van der Waals surface area contributed by atoms with Crippen LogP contribution in [0.15, 0.2) is 35.2 Å². The molecule has 1 atom stereocenters. The second kappa shape index (κ2) is 8.96. The Morgan fingerprint density at radius 2 is 1.68 bits per heavy atom. The van der Waals surface area contributed by atoms with Crippen LogP contribution in [0.25, 0.3) is 0 Å². The van der Waals surface area contributed by atoms with Gasteiger partial charge in [-0.25, -0.2) is 13.1 Å². The second-order valence-electron chi connectivity index (χ2n) is 9.23. The van der Waals surface area contributed by atoms with Crippen LogP contribution in [-0.4, -0.2) is 63.5 Å². The maximum Gasteiger partial charge on any atom is 0.243 e. The summed E-state index contributed by atoms with van der Waals surface area (Å²) in [5.41, 5.74) is 0. The minimum absolute atomic E-state index is 0.103. The van der Waals surface area contributed by atoms with Crippen molar-refractivity contribution >= 4 is 10.0 Å². The van der Waals surface area contributed by atoms with Gasteiger partial charge in [-0.15, -0.1) is 5.10 Å². The largest absolute Gasteiger partial charge is 0.296 e. The van der Waals surface area contributed by atoms with Crippen LogP contribution >= 0.6 is 0 Å². The lowest BCUT2D eigenvalue weighted by molar-refractivity contribution is 0.120. The molecule has 168 valence electrons. The number of piperidine rings is 1. The van der Waals surface area contributed by atoms with Crippen LogP contribution in [-0.2, 0) is 16.6 Å². The summed E-state index contributed by atoms with van der Waals surface area (Å²) in [5, 5.41) is 12.3. The minimum Gasteiger partial charge on any atom is -0.296 e. The molecule has 3 heterocycles. The van der Waals surface area contributed by atoms with Gasteiger partial charge >= 0.3 is 0 Å². The molecule has 9 heteroatoms. The standard InChI is InChI=1S/C22H32N6O2S/c29-31(30,20-7-3-1-4-8-20)27-14-6-2-5-9-21(27)18-12-15-26(16-13-18)17-22-23-24-25-28(22)19-10-11-19/h1,3-4,7-8,18-19,21H,2,5-6,9-17H2/t21-/m1/s1. The van der Waals surface area contributed by atoms with Crippen molar-refractivity contribution in [2.75, 3.05) is 19.6 Å². The Labute approximate surface area is 184 Å². The van der Waals surface area contributed by atoms with Crippen molar-refractivity contribution in [2.45, 2.75) is 74.9 Å². The maximum atomic E-state index is 13.5. The third-order valence-electron chi connectivity index (χ3n) is 7.09. The number of sulfonamides is 1. The van der Waals surface area contributed by atoms with E-state index in [0.29, 0.717) is 23.4 Å². The van der Waals surface area contributed by atoms with E-state index in [1.165, 1.54) is 12.8 Å². The lowest BCUT2D eigenvalue weighted by Gasteiger charge is -2.40. The van der Waals surface area contributed by atoms with Gasteiger partial charge in [0.1, 0.15) is 0 Å². The third-order valence-corrected chi connectivity index (χ3v) is 9.03. The molecule has 3 aliphatic rings. The van der Waals surface area contributed by atoms with Crippen molar-refractivity contribution in [1.29, 1.82) is 0 Å². The summed E-state index contributed by atoms with van der Waals surface area (Å²) in [6.45, 7) is 3.36. The zero-order valence-electron chi connectivity index (χ0n) is 18.0. The predicted molar refractivity (Wildman–Crippen MR) is 117 cm³/mol. The van der Waals surface area contributed by atoms with Crippen LogP contribution < -0.4 is 0 Å². The Hall–Kier alpha value is -1.84. The van der Waals surface area contributed by atoms with Crippen molar-refractivity contribution in [2.24, 2.45) is 5.92 Å². The quantitative estimate of drug-likeness (QED) is 0.681. The molecule has 2 aromatic rings. The summed E-state index contributed by atoms with van der Waals surface area (Å²) in [6, 6.07) is 9.54. The molecule has 0 spiro atoms. The van der Waals surface area contributed by atoms with Crippen LogP contribution in [0.2, 0.25) is 0 Å². The molecule has 1 aromatic heterocycles. The van der Waals surface area contributed by atoms with Crippen molar-refractivity contribution < 1.29 is 8.42 Å². The number of aromatic nitrogens is 4. The molecule has 31 heavy (non-hydrogen) atoms. The molecule has 1 saturated carbocycles. The first kappa shape index (κ1) is 21.0. The fourth-order valence-electron chi connectivity index (χ4n) is 5.22. The van der Waals surface area contributed by atoms with Gasteiger partial charge in [0.2, 0.25) is 10.0 Å². The molecule has 3 fully saturated rings. The van der Waals surface area contributed by atoms with Crippen molar-refractivity contribution in [3.8, 4) is 0 Å². The van der Waals surface area contributed by atoms with Gasteiger partial charge in [0, 0.05) is 12.6 Å². The number of rotatable bonds is 6. The van der Waals surface area contributed by atoms with Gasteiger partial charge in [-0.1, -0.05) is 31.0 Å².